The Bertz CT molecular complexity index is 651. The molecule has 114 valence electrons. The topological polar surface area (TPSA) is 51.2 Å². The number of halogens is 2. The average molecular weight is 314 g/mol. The third-order valence-electron chi connectivity index (χ3n) is 3.76. The Kier molecular flexibility index (Phi) is 4.59. The Morgan fingerprint density at radius 2 is 1.71 bits per heavy atom. The van der Waals surface area contributed by atoms with Crippen molar-refractivity contribution in [3.05, 3.63) is 29.8 Å². The van der Waals surface area contributed by atoms with Gasteiger partial charge in [-0.25, -0.2) is 22.0 Å². The molecule has 1 aromatic carbocycles. The standard InChI is InChI=1S/C15H16F2O3S/c1-21(19,20)13-4-2-11(3-5-13)12(9-18)6-10-7-14(16)15(17)8-10/h2-5,10,14-15H,6-8H2,1H3/t10?,14-,15+. The molecule has 0 aromatic heterocycles. The van der Waals surface area contributed by atoms with Crippen molar-refractivity contribution in [1.29, 1.82) is 0 Å². The molecule has 21 heavy (non-hydrogen) atoms. The van der Waals surface area contributed by atoms with Crippen molar-refractivity contribution in [3.8, 4) is 0 Å². The maximum Gasteiger partial charge on any atom is 0.175 e. The molecule has 3 nitrogen and oxygen atoms in total. The van der Waals surface area contributed by atoms with Gasteiger partial charge in [0, 0.05) is 11.8 Å². The van der Waals surface area contributed by atoms with Crippen LogP contribution in [0.15, 0.2) is 29.2 Å². The fourth-order valence-corrected chi connectivity index (χ4v) is 3.24. The molecule has 0 saturated heterocycles. The molecule has 0 N–H and O–H groups in total. The van der Waals surface area contributed by atoms with Gasteiger partial charge in [-0.05, 0) is 42.9 Å². The SMILES string of the molecule is CS(=O)(=O)c1ccc(C(=C=O)CC2C[C@@H](F)[C@@H](F)C2)cc1. The van der Waals surface area contributed by atoms with Crippen molar-refractivity contribution in [1.82, 2.24) is 0 Å². The van der Waals surface area contributed by atoms with Gasteiger partial charge in [0.15, 0.2) is 9.84 Å². The van der Waals surface area contributed by atoms with Crippen LogP contribution in [0.2, 0.25) is 0 Å². The first-order valence-corrected chi connectivity index (χ1v) is 8.53. The lowest BCUT2D eigenvalue weighted by Crippen LogP contribution is -2.06. The molecule has 1 aromatic rings. The second kappa shape index (κ2) is 6.08. The van der Waals surface area contributed by atoms with Crippen molar-refractivity contribution in [2.75, 3.05) is 6.26 Å². The van der Waals surface area contributed by atoms with Gasteiger partial charge in [-0.1, -0.05) is 12.1 Å². The van der Waals surface area contributed by atoms with Gasteiger partial charge in [0.1, 0.15) is 18.3 Å². The van der Waals surface area contributed by atoms with E-state index >= 15 is 0 Å². The van der Waals surface area contributed by atoms with Crippen LogP contribution in [0.3, 0.4) is 0 Å². The summed E-state index contributed by atoms with van der Waals surface area (Å²) in [6.45, 7) is 0. The first-order valence-electron chi connectivity index (χ1n) is 6.64. The predicted octanol–water partition coefficient (Wildman–Crippen LogP) is 2.78. The third kappa shape index (κ3) is 3.77. The summed E-state index contributed by atoms with van der Waals surface area (Å²) in [7, 11) is -3.30. The van der Waals surface area contributed by atoms with E-state index in [4.69, 9.17) is 0 Å². The number of alkyl halides is 2. The molecule has 6 heteroatoms. The zero-order valence-corrected chi connectivity index (χ0v) is 12.4. The summed E-state index contributed by atoms with van der Waals surface area (Å²) in [4.78, 5) is 11.2. The van der Waals surface area contributed by atoms with E-state index < -0.39 is 22.2 Å². The first kappa shape index (κ1) is 15.9. The number of allylic oxidation sites excluding steroid dienone is 1. The van der Waals surface area contributed by atoms with Crippen LogP contribution in [0.5, 0.6) is 0 Å². The van der Waals surface area contributed by atoms with Crippen LogP contribution in [0, 0.1) is 5.92 Å². The molecule has 0 spiro atoms. The fourth-order valence-electron chi connectivity index (χ4n) is 2.61. The van der Waals surface area contributed by atoms with Crippen molar-refractivity contribution in [2.24, 2.45) is 5.92 Å². The quantitative estimate of drug-likeness (QED) is 0.803. The highest BCUT2D eigenvalue weighted by atomic mass is 32.2. The first-order chi connectivity index (χ1) is 9.81. The Morgan fingerprint density at radius 1 is 1.19 bits per heavy atom. The summed E-state index contributed by atoms with van der Waals surface area (Å²) in [5.74, 6) is 1.58. The van der Waals surface area contributed by atoms with E-state index in [1.807, 2.05) is 0 Å². The molecule has 0 bridgehead atoms. The van der Waals surface area contributed by atoms with Crippen molar-refractivity contribution >= 4 is 21.4 Å². The Morgan fingerprint density at radius 3 is 2.14 bits per heavy atom. The molecular weight excluding hydrogens is 298 g/mol. The lowest BCUT2D eigenvalue weighted by Gasteiger charge is -2.10. The highest BCUT2D eigenvalue weighted by Crippen LogP contribution is 2.36. The Labute approximate surface area is 122 Å². The molecule has 1 aliphatic carbocycles. The summed E-state index contributed by atoms with van der Waals surface area (Å²) in [6.07, 6.45) is -1.37. The summed E-state index contributed by atoms with van der Waals surface area (Å²) < 4.78 is 49.1. The van der Waals surface area contributed by atoms with E-state index in [1.165, 1.54) is 24.3 Å². The van der Waals surface area contributed by atoms with Gasteiger partial charge >= 0.3 is 0 Å². The van der Waals surface area contributed by atoms with Crippen LogP contribution in [-0.2, 0) is 14.6 Å². The monoisotopic (exact) mass is 314 g/mol. The van der Waals surface area contributed by atoms with Crippen molar-refractivity contribution in [2.45, 2.75) is 36.5 Å². The maximum atomic E-state index is 13.2. The lowest BCUT2D eigenvalue weighted by molar-refractivity contribution is 0.199. The summed E-state index contributed by atoms with van der Waals surface area (Å²) in [5, 5.41) is 0. The average Bonchev–Trinajstić information content (AvgIpc) is 2.74. The predicted molar refractivity (Wildman–Crippen MR) is 75.8 cm³/mol. The minimum Gasteiger partial charge on any atom is -0.244 e. The van der Waals surface area contributed by atoms with Gasteiger partial charge in [-0.15, -0.1) is 0 Å². The Balaban J connectivity index is 2.14. The molecule has 0 heterocycles. The molecule has 1 aliphatic rings. The number of hydrogen-bond donors (Lipinski definition) is 0. The van der Waals surface area contributed by atoms with Gasteiger partial charge in [-0.3, -0.25) is 0 Å². The van der Waals surface area contributed by atoms with Crippen LogP contribution in [-0.4, -0.2) is 33.0 Å². The molecule has 0 aliphatic heterocycles. The normalized spacial score (nSPS) is 25.6. The number of rotatable bonds is 4. The van der Waals surface area contributed by atoms with E-state index in [0.29, 0.717) is 11.1 Å². The minimum atomic E-state index is -3.30. The molecular formula is C15H16F2O3S. The number of hydrogen-bond acceptors (Lipinski definition) is 3. The molecule has 1 unspecified atom stereocenters. The lowest BCUT2D eigenvalue weighted by atomic mass is 9.94. The highest BCUT2D eigenvalue weighted by Gasteiger charge is 2.34. The third-order valence-corrected chi connectivity index (χ3v) is 4.88. The van der Waals surface area contributed by atoms with E-state index in [2.05, 4.69) is 0 Å². The number of sulfone groups is 1. The van der Waals surface area contributed by atoms with Crippen LogP contribution in [0.4, 0.5) is 8.78 Å². The molecule has 0 amide bonds. The van der Waals surface area contributed by atoms with E-state index in [1.54, 1.807) is 5.94 Å². The van der Waals surface area contributed by atoms with Gasteiger partial charge < -0.3 is 0 Å². The van der Waals surface area contributed by atoms with Crippen molar-refractivity contribution in [3.63, 3.8) is 0 Å². The van der Waals surface area contributed by atoms with Crippen LogP contribution in [0.25, 0.3) is 5.57 Å². The second-order valence-corrected chi connectivity index (χ2v) is 7.47. The second-order valence-electron chi connectivity index (χ2n) is 5.45. The molecule has 1 fully saturated rings. The largest absolute Gasteiger partial charge is 0.244 e. The van der Waals surface area contributed by atoms with E-state index in [-0.39, 0.29) is 30.1 Å². The summed E-state index contributed by atoms with van der Waals surface area (Å²) in [5.41, 5.74) is 0.858. The fraction of sp³-hybridized carbons (Fsp3) is 0.467. The maximum absolute atomic E-state index is 13.2. The van der Waals surface area contributed by atoms with Gasteiger partial charge in [0.05, 0.1) is 4.90 Å². The Hall–Kier alpha value is -1.52. The molecule has 1 saturated carbocycles. The van der Waals surface area contributed by atoms with Gasteiger partial charge in [0.25, 0.3) is 0 Å². The molecule has 0 radical (unpaired) electrons. The summed E-state index contributed by atoms with van der Waals surface area (Å²) >= 11 is 0. The molecule has 3 atom stereocenters. The van der Waals surface area contributed by atoms with E-state index in [9.17, 15) is 22.0 Å². The zero-order valence-electron chi connectivity index (χ0n) is 11.6. The van der Waals surface area contributed by atoms with Gasteiger partial charge in [-0.2, -0.15) is 0 Å². The van der Waals surface area contributed by atoms with Crippen molar-refractivity contribution < 1.29 is 22.0 Å². The highest BCUT2D eigenvalue weighted by molar-refractivity contribution is 7.90. The van der Waals surface area contributed by atoms with Crippen LogP contribution < -0.4 is 0 Å². The minimum absolute atomic E-state index is 0.105. The van der Waals surface area contributed by atoms with E-state index in [0.717, 1.165) is 6.26 Å². The number of carbonyl (C=O) groups excluding carboxylic acids is 1. The number of benzene rings is 1. The smallest absolute Gasteiger partial charge is 0.175 e. The summed E-state index contributed by atoms with van der Waals surface area (Å²) in [6, 6.07) is 5.86. The van der Waals surface area contributed by atoms with Gasteiger partial charge in [0.2, 0.25) is 0 Å². The molecule has 2 rings (SSSR count). The van der Waals surface area contributed by atoms with Crippen LogP contribution in [0.1, 0.15) is 24.8 Å². The van der Waals surface area contributed by atoms with Crippen LogP contribution >= 0.6 is 0 Å². The zero-order chi connectivity index (χ0) is 15.6.